The summed E-state index contributed by atoms with van der Waals surface area (Å²) in [5.41, 5.74) is -0.0506. The molecule has 0 aliphatic heterocycles. The normalized spacial score (nSPS) is 11.7. The second-order valence-electron chi connectivity index (χ2n) is 2.27. The Kier molecular flexibility index (Phi) is 3.22. The number of pyridine rings is 1. The van der Waals surface area contributed by atoms with Gasteiger partial charge in [-0.15, -0.1) is 0 Å². The van der Waals surface area contributed by atoms with Gasteiger partial charge in [-0.1, -0.05) is 11.6 Å². The van der Waals surface area contributed by atoms with Crippen molar-refractivity contribution in [3.63, 3.8) is 0 Å². The molecule has 1 heterocycles. The topological polar surface area (TPSA) is 59.1 Å². The van der Waals surface area contributed by atoms with Gasteiger partial charge in [0, 0.05) is 6.20 Å². The van der Waals surface area contributed by atoms with Crippen LogP contribution in [0.2, 0.25) is 5.15 Å². The van der Waals surface area contributed by atoms with Crippen LogP contribution in [0, 0.1) is 0 Å². The van der Waals surface area contributed by atoms with E-state index >= 15 is 0 Å². The van der Waals surface area contributed by atoms with Crippen LogP contribution in [0.5, 0.6) is 0 Å². The molecule has 1 aromatic heterocycles. The lowest BCUT2D eigenvalue weighted by atomic mass is 10.4. The van der Waals surface area contributed by atoms with Gasteiger partial charge in [0.05, 0.1) is 5.69 Å². The highest BCUT2D eigenvalue weighted by molar-refractivity contribution is 7.93. The van der Waals surface area contributed by atoms with Crippen LogP contribution in [0.15, 0.2) is 18.3 Å². The standard InChI is InChI=1S/C6H5ClF2N2O2S/c7-5-3-4(1-2-10-5)11-14(12,13)6(8)9/h1-3,6H,(H,10,11). The van der Waals surface area contributed by atoms with E-state index in [1.807, 2.05) is 0 Å². The molecule has 0 saturated heterocycles. The van der Waals surface area contributed by atoms with Gasteiger partial charge in [0.1, 0.15) is 5.15 Å². The van der Waals surface area contributed by atoms with Crippen LogP contribution in [-0.2, 0) is 10.0 Å². The number of anilines is 1. The predicted octanol–water partition coefficient (Wildman–Crippen LogP) is 1.70. The third kappa shape index (κ3) is 2.78. The molecule has 1 N–H and O–H groups in total. The van der Waals surface area contributed by atoms with E-state index < -0.39 is 15.8 Å². The monoisotopic (exact) mass is 242 g/mol. The minimum absolute atomic E-state index is 0.0134. The zero-order valence-electron chi connectivity index (χ0n) is 6.62. The number of nitrogens with one attached hydrogen (secondary N) is 1. The largest absolute Gasteiger partial charge is 0.355 e. The molecule has 78 valence electrons. The molecule has 0 aliphatic rings. The van der Waals surface area contributed by atoms with E-state index in [1.54, 1.807) is 4.72 Å². The van der Waals surface area contributed by atoms with Crippen LogP contribution in [0.3, 0.4) is 0 Å². The Hall–Kier alpha value is -0.950. The number of hydrogen-bond acceptors (Lipinski definition) is 3. The number of sulfonamides is 1. The third-order valence-electron chi connectivity index (χ3n) is 1.22. The Morgan fingerprint density at radius 2 is 2.14 bits per heavy atom. The van der Waals surface area contributed by atoms with Gasteiger partial charge >= 0.3 is 5.76 Å². The SMILES string of the molecule is O=S(=O)(Nc1ccnc(Cl)c1)C(F)F. The van der Waals surface area contributed by atoms with Crippen molar-refractivity contribution in [2.45, 2.75) is 5.76 Å². The number of aromatic nitrogens is 1. The van der Waals surface area contributed by atoms with Crippen molar-refractivity contribution >= 4 is 27.3 Å². The third-order valence-corrected chi connectivity index (χ3v) is 2.42. The van der Waals surface area contributed by atoms with E-state index in [4.69, 9.17) is 11.6 Å². The maximum absolute atomic E-state index is 11.9. The van der Waals surface area contributed by atoms with Crippen LogP contribution in [0.25, 0.3) is 0 Å². The molecule has 14 heavy (non-hydrogen) atoms. The molecule has 0 aromatic carbocycles. The van der Waals surface area contributed by atoms with E-state index in [9.17, 15) is 17.2 Å². The van der Waals surface area contributed by atoms with Crippen molar-refractivity contribution < 1.29 is 17.2 Å². The van der Waals surface area contributed by atoms with Crippen LogP contribution >= 0.6 is 11.6 Å². The van der Waals surface area contributed by atoms with Crippen molar-refractivity contribution in [3.05, 3.63) is 23.5 Å². The zero-order valence-corrected chi connectivity index (χ0v) is 8.19. The van der Waals surface area contributed by atoms with Gasteiger partial charge in [0.15, 0.2) is 0 Å². The first-order chi connectivity index (χ1) is 6.42. The minimum atomic E-state index is -4.64. The second kappa shape index (κ2) is 4.05. The molecular weight excluding hydrogens is 238 g/mol. The fourth-order valence-corrected chi connectivity index (χ4v) is 1.39. The summed E-state index contributed by atoms with van der Waals surface area (Å²) in [5, 5.41) is 0.0134. The van der Waals surface area contributed by atoms with E-state index in [0.29, 0.717) is 0 Å². The van der Waals surface area contributed by atoms with Crippen LogP contribution in [0.1, 0.15) is 0 Å². The molecule has 0 spiro atoms. The van der Waals surface area contributed by atoms with Crippen molar-refractivity contribution in [1.29, 1.82) is 0 Å². The second-order valence-corrected chi connectivity index (χ2v) is 4.31. The van der Waals surface area contributed by atoms with Crippen molar-refractivity contribution in [2.24, 2.45) is 0 Å². The van der Waals surface area contributed by atoms with E-state index in [1.165, 1.54) is 12.3 Å². The molecule has 1 aromatic rings. The molecule has 4 nitrogen and oxygen atoms in total. The van der Waals surface area contributed by atoms with Crippen molar-refractivity contribution in [2.75, 3.05) is 4.72 Å². The summed E-state index contributed by atoms with van der Waals surface area (Å²) in [5.74, 6) is -3.48. The van der Waals surface area contributed by atoms with Gasteiger partial charge in [0.2, 0.25) is 0 Å². The molecule has 0 saturated carbocycles. The average Bonchev–Trinajstić information content (AvgIpc) is 2.02. The summed E-state index contributed by atoms with van der Waals surface area (Å²) in [6.07, 6.45) is 1.20. The molecule has 0 aliphatic carbocycles. The highest BCUT2D eigenvalue weighted by Gasteiger charge is 2.23. The number of halogens is 3. The quantitative estimate of drug-likeness (QED) is 0.821. The fraction of sp³-hybridized carbons (Fsp3) is 0.167. The number of nitrogens with zero attached hydrogens (tertiary/aromatic N) is 1. The highest BCUT2D eigenvalue weighted by Crippen LogP contribution is 2.15. The Bertz CT molecular complexity index is 424. The Labute approximate surface area is 84.0 Å². The molecule has 8 heteroatoms. The molecule has 0 amide bonds. The number of rotatable bonds is 3. The Morgan fingerprint density at radius 3 is 2.64 bits per heavy atom. The summed E-state index contributed by atoms with van der Waals surface area (Å²) >= 11 is 5.42. The van der Waals surface area contributed by atoms with Crippen molar-refractivity contribution in [1.82, 2.24) is 4.98 Å². The van der Waals surface area contributed by atoms with E-state index in [-0.39, 0.29) is 10.8 Å². The van der Waals surface area contributed by atoms with Gasteiger partial charge in [0.25, 0.3) is 10.0 Å². The van der Waals surface area contributed by atoms with Gasteiger partial charge < -0.3 is 0 Å². The molecular formula is C6H5ClF2N2O2S. The number of hydrogen-bond donors (Lipinski definition) is 1. The smallest absolute Gasteiger partial charge is 0.279 e. The Morgan fingerprint density at radius 1 is 1.50 bits per heavy atom. The molecule has 1 rings (SSSR count). The summed E-state index contributed by atoms with van der Waals surface area (Å²) in [6.45, 7) is 0. The first-order valence-electron chi connectivity index (χ1n) is 3.33. The van der Waals surface area contributed by atoms with Crippen LogP contribution < -0.4 is 4.72 Å². The molecule has 0 radical (unpaired) electrons. The predicted molar refractivity (Wildman–Crippen MR) is 47.8 cm³/mol. The molecule has 0 unspecified atom stereocenters. The molecule has 0 bridgehead atoms. The minimum Gasteiger partial charge on any atom is -0.279 e. The maximum atomic E-state index is 11.9. The first-order valence-corrected chi connectivity index (χ1v) is 5.25. The highest BCUT2D eigenvalue weighted by atomic mass is 35.5. The van der Waals surface area contributed by atoms with E-state index in [0.717, 1.165) is 6.07 Å². The summed E-state index contributed by atoms with van der Waals surface area (Å²) < 4.78 is 46.8. The van der Waals surface area contributed by atoms with Crippen LogP contribution in [-0.4, -0.2) is 19.2 Å². The average molecular weight is 243 g/mol. The maximum Gasteiger partial charge on any atom is 0.355 e. The Balaban J connectivity index is 2.90. The summed E-state index contributed by atoms with van der Waals surface area (Å²) in [6, 6.07) is 2.34. The number of alkyl halides is 2. The molecule has 0 atom stereocenters. The van der Waals surface area contributed by atoms with Gasteiger partial charge in [-0.25, -0.2) is 13.4 Å². The fourth-order valence-electron chi connectivity index (χ4n) is 0.675. The molecule has 0 fully saturated rings. The lowest BCUT2D eigenvalue weighted by Crippen LogP contribution is -2.20. The van der Waals surface area contributed by atoms with Crippen molar-refractivity contribution in [3.8, 4) is 0 Å². The van der Waals surface area contributed by atoms with Gasteiger partial charge in [-0.3, -0.25) is 4.72 Å². The zero-order chi connectivity index (χ0) is 10.8. The summed E-state index contributed by atoms with van der Waals surface area (Å²) in [4.78, 5) is 3.56. The van der Waals surface area contributed by atoms with E-state index in [2.05, 4.69) is 4.98 Å². The first kappa shape index (κ1) is 11.1. The lowest BCUT2D eigenvalue weighted by molar-refractivity contribution is 0.236. The van der Waals surface area contributed by atoms with Crippen LogP contribution in [0.4, 0.5) is 14.5 Å². The van der Waals surface area contributed by atoms with Gasteiger partial charge in [-0.05, 0) is 12.1 Å². The van der Waals surface area contributed by atoms with Gasteiger partial charge in [-0.2, -0.15) is 8.78 Å². The lowest BCUT2D eigenvalue weighted by Gasteiger charge is -2.05. The summed E-state index contributed by atoms with van der Waals surface area (Å²) in [7, 11) is -4.64.